The molecular formula is C15H17NO3. The molecule has 1 saturated heterocycles. The number of rotatable bonds is 3. The maximum absolute atomic E-state index is 11.9. The molecule has 1 aromatic carbocycles. The summed E-state index contributed by atoms with van der Waals surface area (Å²) in [5.41, 5.74) is 1.54. The van der Waals surface area contributed by atoms with Gasteiger partial charge in [-0.25, -0.2) is 0 Å². The molecule has 1 heterocycles. The molecule has 19 heavy (non-hydrogen) atoms. The van der Waals surface area contributed by atoms with E-state index in [0.717, 1.165) is 24.1 Å². The Morgan fingerprint density at radius 3 is 3.16 bits per heavy atom. The highest BCUT2D eigenvalue weighted by atomic mass is 16.5. The molecule has 0 bridgehead atoms. The SMILES string of the molecule is O=C(Nc1cccc(C#CCCO)c1)C1CCCO1. The highest BCUT2D eigenvalue weighted by Crippen LogP contribution is 2.16. The Morgan fingerprint density at radius 1 is 1.53 bits per heavy atom. The molecule has 1 fully saturated rings. The molecule has 0 radical (unpaired) electrons. The third-order valence-corrected chi connectivity index (χ3v) is 2.82. The van der Waals surface area contributed by atoms with Gasteiger partial charge in [-0.05, 0) is 31.0 Å². The molecule has 1 amide bonds. The third-order valence-electron chi connectivity index (χ3n) is 2.82. The summed E-state index contributed by atoms with van der Waals surface area (Å²) in [4.78, 5) is 11.9. The van der Waals surface area contributed by atoms with Gasteiger partial charge in [0.25, 0.3) is 5.91 Å². The van der Waals surface area contributed by atoms with Crippen molar-refractivity contribution in [1.82, 2.24) is 0 Å². The van der Waals surface area contributed by atoms with Gasteiger partial charge in [0.2, 0.25) is 0 Å². The van der Waals surface area contributed by atoms with Crippen molar-refractivity contribution in [1.29, 1.82) is 0 Å². The van der Waals surface area contributed by atoms with Crippen molar-refractivity contribution < 1.29 is 14.6 Å². The van der Waals surface area contributed by atoms with Crippen LogP contribution in [0, 0.1) is 11.8 Å². The van der Waals surface area contributed by atoms with Gasteiger partial charge in [-0.15, -0.1) is 0 Å². The monoisotopic (exact) mass is 259 g/mol. The Kier molecular flexibility index (Phi) is 4.96. The Morgan fingerprint density at radius 2 is 2.42 bits per heavy atom. The Labute approximate surface area is 112 Å². The Bertz CT molecular complexity index is 496. The van der Waals surface area contributed by atoms with Crippen LogP contribution in [0.25, 0.3) is 0 Å². The second kappa shape index (κ2) is 6.93. The average Bonchev–Trinajstić information content (AvgIpc) is 2.93. The molecule has 1 aliphatic heterocycles. The quantitative estimate of drug-likeness (QED) is 0.809. The van der Waals surface area contributed by atoms with E-state index in [-0.39, 0.29) is 18.6 Å². The van der Waals surface area contributed by atoms with Crippen LogP contribution in [0.1, 0.15) is 24.8 Å². The fourth-order valence-electron chi connectivity index (χ4n) is 1.90. The van der Waals surface area contributed by atoms with Crippen LogP contribution in [0.2, 0.25) is 0 Å². The number of anilines is 1. The minimum absolute atomic E-state index is 0.0580. The molecule has 1 aliphatic rings. The fourth-order valence-corrected chi connectivity index (χ4v) is 1.90. The molecule has 4 nitrogen and oxygen atoms in total. The van der Waals surface area contributed by atoms with Gasteiger partial charge < -0.3 is 15.2 Å². The maximum Gasteiger partial charge on any atom is 0.253 e. The van der Waals surface area contributed by atoms with Crippen LogP contribution in [0.15, 0.2) is 24.3 Å². The standard InChI is InChI=1S/C15H17NO3/c17-9-2-1-5-12-6-3-7-13(11-12)16-15(18)14-8-4-10-19-14/h3,6-7,11,14,17H,2,4,8-10H2,(H,16,18). The molecule has 0 aromatic heterocycles. The second-order valence-electron chi connectivity index (χ2n) is 4.35. The molecule has 1 unspecified atom stereocenters. The van der Waals surface area contributed by atoms with Gasteiger partial charge in [-0.3, -0.25) is 4.79 Å². The van der Waals surface area contributed by atoms with Crippen molar-refractivity contribution in [3.63, 3.8) is 0 Å². The van der Waals surface area contributed by atoms with E-state index >= 15 is 0 Å². The number of aliphatic hydroxyl groups is 1. The summed E-state index contributed by atoms with van der Waals surface area (Å²) in [6.45, 7) is 0.715. The second-order valence-corrected chi connectivity index (χ2v) is 4.35. The molecule has 2 rings (SSSR count). The Hall–Kier alpha value is -1.83. The van der Waals surface area contributed by atoms with E-state index in [0.29, 0.717) is 13.0 Å². The topological polar surface area (TPSA) is 58.6 Å². The lowest BCUT2D eigenvalue weighted by Crippen LogP contribution is -2.26. The van der Waals surface area contributed by atoms with Gasteiger partial charge in [0.15, 0.2) is 0 Å². The van der Waals surface area contributed by atoms with Gasteiger partial charge >= 0.3 is 0 Å². The molecule has 1 aromatic rings. The zero-order chi connectivity index (χ0) is 13.5. The van der Waals surface area contributed by atoms with E-state index in [4.69, 9.17) is 9.84 Å². The lowest BCUT2D eigenvalue weighted by molar-refractivity contribution is -0.124. The van der Waals surface area contributed by atoms with Crippen molar-refractivity contribution in [3.8, 4) is 11.8 Å². The van der Waals surface area contributed by atoms with Crippen LogP contribution in [-0.4, -0.2) is 30.3 Å². The summed E-state index contributed by atoms with van der Waals surface area (Å²) in [7, 11) is 0. The van der Waals surface area contributed by atoms with Crippen molar-refractivity contribution in [3.05, 3.63) is 29.8 Å². The van der Waals surface area contributed by atoms with E-state index < -0.39 is 0 Å². The van der Waals surface area contributed by atoms with Gasteiger partial charge in [0.05, 0.1) is 6.61 Å². The van der Waals surface area contributed by atoms with Gasteiger partial charge in [0, 0.05) is 24.3 Å². The van der Waals surface area contributed by atoms with Crippen LogP contribution >= 0.6 is 0 Å². The van der Waals surface area contributed by atoms with Crippen LogP contribution in [0.3, 0.4) is 0 Å². The van der Waals surface area contributed by atoms with Crippen LogP contribution in [-0.2, 0) is 9.53 Å². The smallest absolute Gasteiger partial charge is 0.253 e. The zero-order valence-electron chi connectivity index (χ0n) is 10.7. The van der Waals surface area contributed by atoms with E-state index in [1.807, 2.05) is 24.3 Å². The molecule has 0 spiro atoms. The van der Waals surface area contributed by atoms with Crippen molar-refractivity contribution in [2.24, 2.45) is 0 Å². The minimum Gasteiger partial charge on any atom is -0.395 e. The van der Waals surface area contributed by atoms with E-state index in [1.54, 1.807) is 0 Å². The van der Waals surface area contributed by atoms with Crippen molar-refractivity contribution in [2.45, 2.75) is 25.4 Å². The lowest BCUT2D eigenvalue weighted by atomic mass is 10.2. The molecular weight excluding hydrogens is 242 g/mol. The third kappa shape index (κ3) is 4.09. The number of carbonyl (C=O) groups excluding carboxylic acids is 1. The first-order chi connectivity index (χ1) is 9.29. The fraction of sp³-hybridized carbons (Fsp3) is 0.400. The van der Waals surface area contributed by atoms with E-state index in [2.05, 4.69) is 17.2 Å². The van der Waals surface area contributed by atoms with E-state index in [9.17, 15) is 4.79 Å². The molecule has 100 valence electrons. The van der Waals surface area contributed by atoms with Gasteiger partial charge in [-0.2, -0.15) is 0 Å². The normalized spacial score (nSPS) is 17.6. The average molecular weight is 259 g/mol. The Balaban J connectivity index is 1.98. The number of benzene rings is 1. The zero-order valence-corrected chi connectivity index (χ0v) is 10.7. The molecule has 4 heteroatoms. The molecule has 2 N–H and O–H groups in total. The van der Waals surface area contributed by atoms with Crippen LogP contribution in [0.4, 0.5) is 5.69 Å². The maximum atomic E-state index is 11.9. The summed E-state index contributed by atoms with van der Waals surface area (Å²) in [5.74, 6) is 5.69. The first-order valence-electron chi connectivity index (χ1n) is 6.42. The van der Waals surface area contributed by atoms with Gasteiger partial charge in [0.1, 0.15) is 6.10 Å². The number of aliphatic hydroxyl groups excluding tert-OH is 1. The minimum atomic E-state index is -0.330. The van der Waals surface area contributed by atoms with Crippen LogP contribution in [0.5, 0.6) is 0 Å². The number of hydrogen-bond acceptors (Lipinski definition) is 3. The molecule has 0 saturated carbocycles. The number of ether oxygens (including phenoxy) is 1. The number of nitrogens with one attached hydrogen (secondary N) is 1. The predicted octanol–water partition coefficient (Wildman–Crippen LogP) is 1.54. The lowest BCUT2D eigenvalue weighted by Gasteiger charge is -2.10. The highest BCUT2D eigenvalue weighted by molar-refractivity contribution is 5.94. The first kappa shape index (κ1) is 13.6. The predicted molar refractivity (Wildman–Crippen MR) is 72.6 cm³/mol. The summed E-state index contributed by atoms with van der Waals surface area (Å²) >= 11 is 0. The largest absolute Gasteiger partial charge is 0.395 e. The van der Waals surface area contributed by atoms with Crippen molar-refractivity contribution in [2.75, 3.05) is 18.5 Å². The highest BCUT2D eigenvalue weighted by Gasteiger charge is 2.23. The molecule has 0 aliphatic carbocycles. The summed E-state index contributed by atoms with van der Waals surface area (Å²) in [6.07, 6.45) is 1.84. The summed E-state index contributed by atoms with van der Waals surface area (Å²) in [5, 5.41) is 11.5. The van der Waals surface area contributed by atoms with Gasteiger partial charge in [-0.1, -0.05) is 17.9 Å². The van der Waals surface area contributed by atoms with Crippen LogP contribution < -0.4 is 5.32 Å². The number of amides is 1. The van der Waals surface area contributed by atoms with E-state index in [1.165, 1.54) is 0 Å². The summed E-state index contributed by atoms with van der Waals surface area (Å²) in [6, 6.07) is 7.35. The summed E-state index contributed by atoms with van der Waals surface area (Å²) < 4.78 is 5.33. The van der Waals surface area contributed by atoms with Crippen molar-refractivity contribution >= 4 is 11.6 Å². The first-order valence-corrected chi connectivity index (χ1v) is 6.42. The number of hydrogen-bond donors (Lipinski definition) is 2. The number of carbonyl (C=O) groups is 1. The molecule has 1 atom stereocenters.